The van der Waals surface area contributed by atoms with Crippen molar-refractivity contribution >= 4 is 0 Å². The van der Waals surface area contributed by atoms with Gasteiger partial charge in [-0.3, -0.25) is 0 Å². The Morgan fingerprint density at radius 3 is 0.987 bits per heavy atom. The highest BCUT2D eigenvalue weighted by molar-refractivity contribution is 5.13. The Balaban J connectivity index is 2.83. The van der Waals surface area contributed by atoms with Crippen molar-refractivity contribution in [1.82, 2.24) is 0 Å². The number of rotatable bonds is 13. The quantitative estimate of drug-likeness (QED) is 0.0815. The Morgan fingerprint density at radius 1 is 0.293 bits per heavy atom. The van der Waals surface area contributed by atoms with E-state index >= 15 is 0 Å². The number of aliphatic hydroxyl groups is 26. The van der Waals surface area contributed by atoms with Gasteiger partial charge in [0.05, 0.1) is 6.61 Å². The van der Waals surface area contributed by atoms with Gasteiger partial charge in [-0.15, -0.1) is 0 Å². The molecule has 75 heavy (non-hydrogen) atoms. The van der Waals surface area contributed by atoms with E-state index in [-0.39, 0.29) is 0 Å². The summed E-state index contributed by atoms with van der Waals surface area (Å²) < 4.78 is 41.2. The minimum absolute atomic E-state index is 0.749. The Hall–Kier alpha value is -4.42. The zero-order valence-corrected chi connectivity index (χ0v) is 39.5. The fourth-order valence-electron chi connectivity index (χ4n) is 6.87. The van der Waals surface area contributed by atoms with Crippen LogP contribution in [0, 0.1) is 0 Å². The molecule has 0 aromatic heterocycles. The SMILES string of the molecule is OCC[C@H]1O[C@H](O)/C(O)=C(\O)[C@@H](CCO)O[C@@H](O)/C(O)=C(/O)[C@@H](CCO)O[C@@H](O)/C(O)=C(/O)[C@@H](CCO)O[C@H]2OC(CO)[C@@H](O[C@@H](O)/C(O)=C(\O)[C@@H](CCO)O[C@H](O)C(O)[C@@H](O)[C@@H](CCO)O/C(O)=C/1O)C(O)C2O. The van der Waals surface area contributed by atoms with Crippen LogP contribution in [0.3, 0.4) is 0 Å². The predicted molar refractivity (Wildman–Crippen MR) is 236 cm³/mol. The van der Waals surface area contributed by atoms with E-state index in [2.05, 4.69) is 0 Å². The summed E-state index contributed by atoms with van der Waals surface area (Å²) in [5, 5.41) is 273. The number of hydrogen-bond donors (Lipinski definition) is 26. The van der Waals surface area contributed by atoms with Crippen molar-refractivity contribution in [3.05, 3.63) is 57.8 Å². The molecule has 3 heterocycles. The molecule has 0 aliphatic carbocycles. The summed E-state index contributed by atoms with van der Waals surface area (Å²) >= 11 is 0. The van der Waals surface area contributed by atoms with Gasteiger partial charge in [-0.25, -0.2) is 0 Å². The standard InChI is InChI=1S/C41H70O34/c42-7-1-14-21(49)28(56)36(63)71-17(4-10-45)24(52)32(60)40(67)75-34-20(13-48)74-41(33(61)27(34)55)73-18(5-11-46)25(53)31(59)38(65)70-15(2-8-43)22(50)29(57)37(64)69-16(3-9-44)23(51)30(58)39(66)72-19(6-12-47)26(54)35(62)68-14/h14-21,27-28,33-34,36-67H,1-13H2/b29-22-,30-23+,31-25-,32-24+,35-26-/t14-,15-,16-,17-,18-,19-,20?,21+,27?,28?,33?,34-,36+,37-,38-,39+,40-,41+/m1/s1. The molecule has 2 bridgehead atoms. The highest BCUT2D eigenvalue weighted by Gasteiger charge is 2.49. The van der Waals surface area contributed by atoms with Crippen LogP contribution in [0.5, 0.6) is 0 Å². The third-order valence-corrected chi connectivity index (χ3v) is 11.0. The van der Waals surface area contributed by atoms with Crippen LogP contribution in [0.4, 0.5) is 0 Å². The second-order valence-electron chi connectivity index (χ2n) is 16.2. The molecule has 0 radical (unpaired) electrons. The van der Waals surface area contributed by atoms with Gasteiger partial charge in [0, 0.05) is 78.2 Å². The predicted octanol–water partition coefficient (Wildman–Crippen LogP) is -6.66. The topological polar surface area (TPSA) is 600 Å². The summed E-state index contributed by atoms with van der Waals surface area (Å²) in [6, 6.07) is 0. The zero-order valence-electron chi connectivity index (χ0n) is 39.5. The van der Waals surface area contributed by atoms with Crippen LogP contribution in [0.25, 0.3) is 0 Å². The number of ether oxygens (including phenoxy) is 8. The van der Waals surface area contributed by atoms with Gasteiger partial charge in [0.15, 0.2) is 58.7 Å². The van der Waals surface area contributed by atoms with E-state index in [9.17, 15) is 133 Å². The van der Waals surface area contributed by atoms with Crippen LogP contribution in [-0.4, -0.2) is 290 Å². The second kappa shape index (κ2) is 32.3. The summed E-state index contributed by atoms with van der Waals surface area (Å²) in [6.45, 7) is -6.88. The van der Waals surface area contributed by atoms with Crippen molar-refractivity contribution in [3.63, 3.8) is 0 Å². The maximum absolute atomic E-state index is 11.0. The van der Waals surface area contributed by atoms with Crippen molar-refractivity contribution in [3.8, 4) is 0 Å². The lowest BCUT2D eigenvalue weighted by molar-refractivity contribution is -0.329. The van der Waals surface area contributed by atoms with E-state index in [1.165, 1.54) is 0 Å². The molecule has 26 N–H and O–H groups in total. The van der Waals surface area contributed by atoms with Crippen LogP contribution in [0.2, 0.25) is 0 Å². The molecule has 18 atom stereocenters. The van der Waals surface area contributed by atoms with Gasteiger partial charge in [-0.1, -0.05) is 0 Å². The fraction of sp³-hybridized carbons (Fsp3) is 0.756. The molecule has 3 aliphatic rings. The molecule has 34 heteroatoms. The van der Waals surface area contributed by atoms with Crippen LogP contribution < -0.4 is 0 Å². The van der Waals surface area contributed by atoms with Crippen molar-refractivity contribution in [2.45, 2.75) is 150 Å². The number of aliphatic hydroxyl groups excluding tert-OH is 26. The van der Waals surface area contributed by atoms with Gasteiger partial charge in [-0.05, 0) is 0 Å². The first-order valence-electron chi connectivity index (χ1n) is 22.6. The lowest BCUT2D eigenvalue weighted by atomic mass is 9.98. The molecule has 1 saturated heterocycles. The van der Waals surface area contributed by atoms with Crippen molar-refractivity contribution in [2.75, 3.05) is 46.2 Å². The Kier molecular flexibility index (Phi) is 28.8. The van der Waals surface area contributed by atoms with E-state index in [0.29, 0.717) is 0 Å². The minimum Gasteiger partial charge on any atom is -0.506 e. The van der Waals surface area contributed by atoms with E-state index < -0.39 is 254 Å². The molecule has 0 aromatic carbocycles. The van der Waals surface area contributed by atoms with E-state index in [1.807, 2.05) is 0 Å². The monoisotopic (exact) mass is 1110 g/mol. The summed E-state index contributed by atoms with van der Waals surface area (Å²) in [6.07, 6.45) is -47.7. The van der Waals surface area contributed by atoms with Gasteiger partial charge in [0.25, 0.3) is 0 Å². The Bertz CT molecular complexity index is 1860. The largest absolute Gasteiger partial charge is 0.506 e. The molecule has 3 aliphatic heterocycles. The van der Waals surface area contributed by atoms with E-state index in [1.54, 1.807) is 0 Å². The van der Waals surface area contributed by atoms with Crippen LogP contribution in [-0.2, 0) is 37.9 Å². The normalized spacial score (nSPS) is 41.0. The molecule has 3 rings (SSSR count). The number of hydrogen-bond acceptors (Lipinski definition) is 34. The molecule has 1 fully saturated rings. The molecular formula is C41H70O34. The molecule has 438 valence electrons. The lowest BCUT2D eigenvalue weighted by Gasteiger charge is -2.43. The smallest absolute Gasteiger partial charge is 0.319 e. The van der Waals surface area contributed by atoms with Crippen LogP contribution in [0.15, 0.2) is 57.8 Å². The van der Waals surface area contributed by atoms with E-state index in [0.717, 1.165) is 0 Å². The van der Waals surface area contributed by atoms with Crippen molar-refractivity contribution in [2.24, 2.45) is 0 Å². The molecule has 0 aromatic rings. The molecule has 0 amide bonds. The average Bonchev–Trinajstić information content (AvgIpc) is 3.38. The maximum atomic E-state index is 11.0. The van der Waals surface area contributed by atoms with Gasteiger partial charge in [0.1, 0.15) is 73.2 Å². The van der Waals surface area contributed by atoms with Gasteiger partial charge >= 0.3 is 5.95 Å². The van der Waals surface area contributed by atoms with Gasteiger partial charge in [-0.2, -0.15) is 0 Å². The first-order valence-corrected chi connectivity index (χ1v) is 22.6. The fourth-order valence-corrected chi connectivity index (χ4v) is 6.87. The zero-order chi connectivity index (χ0) is 57.0. The Labute approximate surface area is 423 Å². The van der Waals surface area contributed by atoms with Crippen LogP contribution >= 0.6 is 0 Å². The molecule has 0 saturated carbocycles. The van der Waals surface area contributed by atoms with Gasteiger partial charge in [0.2, 0.25) is 30.9 Å². The van der Waals surface area contributed by atoms with Crippen molar-refractivity contribution in [1.29, 1.82) is 0 Å². The summed E-state index contributed by atoms with van der Waals surface area (Å²) in [7, 11) is 0. The summed E-state index contributed by atoms with van der Waals surface area (Å²) in [5.41, 5.74) is 0. The van der Waals surface area contributed by atoms with E-state index in [4.69, 9.17) is 37.9 Å². The number of fused-ring (bicyclic) bond motifs is 26. The lowest BCUT2D eigenvalue weighted by Crippen LogP contribution is -2.61. The third kappa shape index (κ3) is 18.4. The average molecular weight is 1110 g/mol. The first kappa shape index (κ1) is 66.7. The molecule has 4 unspecified atom stereocenters. The highest BCUT2D eigenvalue weighted by Crippen LogP contribution is 2.31. The third-order valence-electron chi connectivity index (χ3n) is 11.0. The molecular weight excluding hydrogens is 1040 g/mol. The minimum atomic E-state index is -2.83. The summed E-state index contributed by atoms with van der Waals surface area (Å²) in [4.78, 5) is 0. The van der Waals surface area contributed by atoms with Crippen LogP contribution in [0.1, 0.15) is 38.5 Å². The van der Waals surface area contributed by atoms with Gasteiger partial charge < -0.3 is 171 Å². The first-order chi connectivity index (χ1) is 35.3. The molecule has 34 nitrogen and oxygen atoms in total. The highest BCUT2D eigenvalue weighted by atomic mass is 16.7. The van der Waals surface area contributed by atoms with Crippen molar-refractivity contribution < 1.29 is 171 Å². The second-order valence-corrected chi connectivity index (χ2v) is 16.2. The Morgan fingerprint density at radius 2 is 0.627 bits per heavy atom. The molecule has 0 spiro atoms. The summed E-state index contributed by atoms with van der Waals surface area (Å²) in [5.74, 6) is -15.6. The maximum Gasteiger partial charge on any atom is 0.319 e.